The fraction of sp³-hybridized carbons (Fsp3) is 0.417. The van der Waals surface area contributed by atoms with E-state index in [2.05, 4.69) is 5.32 Å². The highest BCUT2D eigenvalue weighted by molar-refractivity contribution is 7.89. The molecule has 6 nitrogen and oxygen atoms in total. The van der Waals surface area contributed by atoms with Crippen molar-refractivity contribution in [2.24, 2.45) is 0 Å². The first kappa shape index (κ1) is 13.8. The molecule has 19 heavy (non-hydrogen) atoms. The van der Waals surface area contributed by atoms with Crippen molar-refractivity contribution in [2.45, 2.75) is 10.9 Å². The largest absolute Gasteiger partial charge is 0.495 e. The third-order valence-corrected chi connectivity index (χ3v) is 4.95. The van der Waals surface area contributed by atoms with E-state index in [0.29, 0.717) is 13.1 Å². The van der Waals surface area contributed by atoms with E-state index in [1.807, 2.05) is 6.07 Å². The number of nitriles is 1. The van der Waals surface area contributed by atoms with Crippen LogP contribution in [0.3, 0.4) is 0 Å². The molecule has 102 valence electrons. The van der Waals surface area contributed by atoms with Gasteiger partial charge in [0, 0.05) is 19.6 Å². The number of hydrogen-bond acceptors (Lipinski definition) is 5. The van der Waals surface area contributed by atoms with Crippen LogP contribution in [0.2, 0.25) is 0 Å². The predicted molar refractivity (Wildman–Crippen MR) is 69.2 cm³/mol. The summed E-state index contributed by atoms with van der Waals surface area (Å²) >= 11 is 0. The van der Waals surface area contributed by atoms with Gasteiger partial charge in [0.05, 0.1) is 13.2 Å². The Morgan fingerprint density at radius 1 is 1.47 bits per heavy atom. The third kappa shape index (κ3) is 2.56. The normalized spacial score (nSPS) is 20.7. The highest BCUT2D eigenvalue weighted by Crippen LogP contribution is 2.27. The number of nitrogens with one attached hydrogen (secondary N) is 1. The van der Waals surface area contributed by atoms with E-state index in [1.54, 1.807) is 18.2 Å². The minimum Gasteiger partial charge on any atom is -0.495 e. The van der Waals surface area contributed by atoms with E-state index in [4.69, 9.17) is 10.00 Å². The van der Waals surface area contributed by atoms with Crippen molar-refractivity contribution in [3.05, 3.63) is 24.3 Å². The van der Waals surface area contributed by atoms with Gasteiger partial charge in [-0.2, -0.15) is 9.57 Å². The quantitative estimate of drug-likeness (QED) is 0.854. The fourth-order valence-corrected chi connectivity index (χ4v) is 3.74. The predicted octanol–water partition coefficient (Wildman–Crippen LogP) is 0.181. The topological polar surface area (TPSA) is 82.4 Å². The summed E-state index contributed by atoms with van der Waals surface area (Å²) in [7, 11) is -2.30. The summed E-state index contributed by atoms with van der Waals surface area (Å²) in [5.41, 5.74) is 0. The van der Waals surface area contributed by atoms with Crippen LogP contribution in [-0.4, -0.2) is 45.5 Å². The lowest BCUT2D eigenvalue weighted by Crippen LogP contribution is -2.52. The maximum Gasteiger partial charge on any atom is 0.248 e. The molecular weight excluding hydrogens is 266 g/mol. The van der Waals surface area contributed by atoms with Crippen LogP contribution in [0.4, 0.5) is 0 Å². The van der Waals surface area contributed by atoms with Crippen molar-refractivity contribution in [1.29, 1.82) is 5.26 Å². The lowest BCUT2D eigenvalue weighted by Gasteiger charge is -2.31. The molecule has 1 heterocycles. The average Bonchev–Trinajstić information content (AvgIpc) is 2.47. The Morgan fingerprint density at radius 2 is 2.21 bits per heavy atom. The van der Waals surface area contributed by atoms with Crippen LogP contribution in [0.1, 0.15) is 0 Å². The Hall–Kier alpha value is -1.62. The van der Waals surface area contributed by atoms with Crippen molar-refractivity contribution in [2.75, 3.05) is 26.7 Å². The van der Waals surface area contributed by atoms with Crippen LogP contribution >= 0.6 is 0 Å². The molecule has 0 saturated carbocycles. The molecule has 1 aliphatic heterocycles. The zero-order chi connectivity index (χ0) is 13.9. The van der Waals surface area contributed by atoms with Gasteiger partial charge in [-0.15, -0.1) is 0 Å². The molecule has 0 amide bonds. The van der Waals surface area contributed by atoms with E-state index in [1.165, 1.54) is 17.5 Å². The number of rotatable bonds is 3. The standard InChI is InChI=1S/C12H15N3O3S/c1-18-11-4-2-3-5-12(11)19(16,17)15-7-6-14-9-10(15)8-13/h2-5,10,14H,6-7,9H2,1H3. The summed E-state index contributed by atoms with van der Waals surface area (Å²) in [6.45, 7) is 1.15. The second-order valence-electron chi connectivity index (χ2n) is 4.12. The van der Waals surface area contributed by atoms with Gasteiger partial charge >= 0.3 is 0 Å². The molecule has 0 radical (unpaired) electrons. The number of hydrogen-bond donors (Lipinski definition) is 1. The maximum absolute atomic E-state index is 12.6. The molecule has 1 N–H and O–H groups in total. The van der Waals surface area contributed by atoms with E-state index in [0.717, 1.165) is 0 Å². The van der Waals surface area contributed by atoms with E-state index in [-0.39, 0.29) is 17.2 Å². The monoisotopic (exact) mass is 281 g/mol. The number of ether oxygens (including phenoxy) is 1. The number of nitrogens with zero attached hydrogens (tertiary/aromatic N) is 2. The van der Waals surface area contributed by atoms with Gasteiger partial charge < -0.3 is 10.1 Å². The number of para-hydroxylation sites is 1. The molecule has 1 unspecified atom stereocenters. The summed E-state index contributed by atoms with van der Waals surface area (Å²) in [4.78, 5) is 0.0969. The van der Waals surface area contributed by atoms with Gasteiger partial charge in [0.1, 0.15) is 16.7 Å². The van der Waals surface area contributed by atoms with Crippen molar-refractivity contribution < 1.29 is 13.2 Å². The Bertz CT molecular complexity index is 594. The number of methoxy groups -OCH3 is 1. The molecule has 0 bridgehead atoms. The third-order valence-electron chi connectivity index (χ3n) is 3.00. The average molecular weight is 281 g/mol. The number of benzene rings is 1. The summed E-state index contributed by atoms with van der Waals surface area (Å²) in [5, 5.41) is 12.1. The van der Waals surface area contributed by atoms with Crippen LogP contribution in [0.5, 0.6) is 5.75 Å². The second kappa shape index (κ2) is 5.57. The van der Waals surface area contributed by atoms with E-state index in [9.17, 15) is 8.42 Å². The molecular formula is C12H15N3O3S. The molecule has 1 aromatic rings. The molecule has 1 aliphatic rings. The van der Waals surface area contributed by atoms with Gasteiger partial charge in [-0.3, -0.25) is 0 Å². The summed E-state index contributed by atoms with van der Waals surface area (Å²) in [6, 6.07) is 7.75. The Morgan fingerprint density at radius 3 is 2.89 bits per heavy atom. The Labute approximate surface area is 112 Å². The molecule has 7 heteroatoms. The van der Waals surface area contributed by atoms with Crippen LogP contribution in [0.25, 0.3) is 0 Å². The highest BCUT2D eigenvalue weighted by Gasteiger charge is 2.35. The number of piperazine rings is 1. The lowest BCUT2D eigenvalue weighted by atomic mass is 10.3. The first-order valence-electron chi connectivity index (χ1n) is 5.86. The first-order chi connectivity index (χ1) is 9.11. The van der Waals surface area contributed by atoms with Gasteiger partial charge in [0.25, 0.3) is 0 Å². The molecule has 1 fully saturated rings. The Balaban J connectivity index is 2.44. The molecule has 1 saturated heterocycles. The molecule has 0 aliphatic carbocycles. The van der Waals surface area contributed by atoms with E-state index >= 15 is 0 Å². The number of sulfonamides is 1. The lowest BCUT2D eigenvalue weighted by molar-refractivity contribution is 0.309. The van der Waals surface area contributed by atoms with Crippen LogP contribution in [0, 0.1) is 11.3 Å². The summed E-state index contributed by atoms with van der Waals surface area (Å²) in [6.07, 6.45) is 0. The van der Waals surface area contributed by atoms with Gasteiger partial charge in [-0.05, 0) is 12.1 Å². The van der Waals surface area contributed by atoms with Gasteiger partial charge in [0.2, 0.25) is 10.0 Å². The summed E-state index contributed by atoms with van der Waals surface area (Å²) < 4.78 is 31.5. The molecule has 0 spiro atoms. The SMILES string of the molecule is COc1ccccc1S(=O)(=O)N1CCNCC1C#N. The van der Waals surface area contributed by atoms with E-state index < -0.39 is 16.1 Å². The smallest absolute Gasteiger partial charge is 0.248 e. The van der Waals surface area contributed by atoms with Gasteiger partial charge in [-0.25, -0.2) is 8.42 Å². The van der Waals surface area contributed by atoms with Crippen LogP contribution in [0.15, 0.2) is 29.2 Å². The van der Waals surface area contributed by atoms with Crippen LogP contribution in [-0.2, 0) is 10.0 Å². The first-order valence-corrected chi connectivity index (χ1v) is 7.30. The molecule has 1 aromatic carbocycles. The zero-order valence-electron chi connectivity index (χ0n) is 10.5. The van der Waals surface area contributed by atoms with Crippen molar-refractivity contribution >= 4 is 10.0 Å². The minimum absolute atomic E-state index is 0.0969. The molecule has 0 aromatic heterocycles. The van der Waals surface area contributed by atoms with Crippen molar-refractivity contribution in [3.63, 3.8) is 0 Å². The van der Waals surface area contributed by atoms with Crippen molar-refractivity contribution in [3.8, 4) is 11.8 Å². The fourth-order valence-electron chi connectivity index (χ4n) is 2.04. The molecule has 1 atom stereocenters. The highest BCUT2D eigenvalue weighted by atomic mass is 32.2. The Kier molecular flexibility index (Phi) is 4.04. The minimum atomic E-state index is -3.72. The second-order valence-corrected chi connectivity index (χ2v) is 5.97. The van der Waals surface area contributed by atoms with Gasteiger partial charge in [0.15, 0.2) is 0 Å². The maximum atomic E-state index is 12.6. The van der Waals surface area contributed by atoms with Crippen molar-refractivity contribution in [1.82, 2.24) is 9.62 Å². The van der Waals surface area contributed by atoms with Gasteiger partial charge in [-0.1, -0.05) is 12.1 Å². The zero-order valence-corrected chi connectivity index (χ0v) is 11.4. The van der Waals surface area contributed by atoms with Crippen LogP contribution < -0.4 is 10.1 Å². The molecule has 2 rings (SSSR count). The summed E-state index contributed by atoms with van der Waals surface area (Å²) in [5.74, 6) is 0.290.